The van der Waals surface area contributed by atoms with Crippen LogP contribution in [-0.2, 0) is 11.2 Å². The first-order chi connectivity index (χ1) is 10.8. The van der Waals surface area contributed by atoms with Crippen molar-refractivity contribution < 1.29 is 9.84 Å². The van der Waals surface area contributed by atoms with Gasteiger partial charge >= 0.3 is 0 Å². The predicted molar refractivity (Wildman–Crippen MR) is 90.0 cm³/mol. The molecule has 3 nitrogen and oxygen atoms in total. The molecule has 0 aliphatic rings. The molecule has 0 radical (unpaired) electrons. The van der Waals surface area contributed by atoms with E-state index >= 15 is 0 Å². The summed E-state index contributed by atoms with van der Waals surface area (Å²) in [5, 5.41) is 9.31. The predicted octanol–water partition coefficient (Wildman–Crippen LogP) is 4.59. The SMILES string of the molecule is CCCOCCCCCc1cccc(-c2ccc(O)cn2)c1. The molecule has 0 saturated carbocycles. The summed E-state index contributed by atoms with van der Waals surface area (Å²) in [7, 11) is 0. The van der Waals surface area contributed by atoms with Crippen LogP contribution in [0.5, 0.6) is 5.75 Å². The van der Waals surface area contributed by atoms with E-state index in [0.717, 1.165) is 43.7 Å². The molecule has 0 aliphatic heterocycles. The average Bonchev–Trinajstić information content (AvgIpc) is 2.55. The molecule has 1 aromatic carbocycles. The van der Waals surface area contributed by atoms with Gasteiger partial charge in [0.2, 0.25) is 0 Å². The molecule has 22 heavy (non-hydrogen) atoms. The summed E-state index contributed by atoms with van der Waals surface area (Å²) < 4.78 is 5.49. The van der Waals surface area contributed by atoms with E-state index in [0.29, 0.717) is 0 Å². The minimum Gasteiger partial charge on any atom is -0.506 e. The van der Waals surface area contributed by atoms with E-state index < -0.39 is 0 Å². The highest BCUT2D eigenvalue weighted by atomic mass is 16.5. The molecule has 1 aromatic heterocycles. The van der Waals surface area contributed by atoms with Crippen molar-refractivity contribution in [3.8, 4) is 17.0 Å². The van der Waals surface area contributed by atoms with Gasteiger partial charge in [0, 0.05) is 18.8 Å². The van der Waals surface area contributed by atoms with Crippen molar-refractivity contribution in [2.24, 2.45) is 0 Å². The van der Waals surface area contributed by atoms with Gasteiger partial charge in [-0.05, 0) is 49.4 Å². The van der Waals surface area contributed by atoms with Crippen molar-refractivity contribution in [3.63, 3.8) is 0 Å². The highest BCUT2D eigenvalue weighted by Crippen LogP contribution is 2.21. The van der Waals surface area contributed by atoms with Crippen molar-refractivity contribution in [3.05, 3.63) is 48.2 Å². The number of rotatable bonds is 9. The highest BCUT2D eigenvalue weighted by Gasteiger charge is 2.01. The monoisotopic (exact) mass is 299 g/mol. The third-order valence-electron chi connectivity index (χ3n) is 3.57. The number of aromatic hydroxyl groups is 1. The number of benzene rings is 1. The summed E-state index contributed by atoms with van der Waals surface area (Å²) in [4.78, 5) is 4.26. The Hall–Kier alpha value is -1.87. The van der Waals surface area contributed by atoms with Crippen molar-refractivity contribution >= 4 is 0 Å². The second kappa shape index (κ2) is 9.21. The molecule has 2 aromatic rings. The molecule has 0 aliphatic carbocycles. The summed E-state index contributed by atoms with van der Waals surface area (Å²) in [6.45, 7) is 3.89. The maximum atomic E-state index is 9.31. The molecule has 0 fully saturated rings. The summed E-state index contributed by atoms with van der Waals surface area (Å²) in [6.07, 6.45) is 7.18. The fourth-order valence-electron chi connectivity index (χ4n) is 2.40. The maximum absolute atomic E-state index is 9.31. The van der Waals surface area contributed by atoms with Gasteiger partial charge in [0.15, 0.2) is 0 Å². The van der Waals surface area contributed by atoms with Gasteiger partial charge < -0.3 is 9.84 Å². The van der Waals surface area contributed by atoms with E-state index in [2.05, 4.69) is 36.2 Å². The topological polar surface area (TPSA) is 42.4 Å². The molecular formula is C19H25NO2. The summed E-state index contributed by atoms with van der Waals surface area (Å²) in [5.41, 5.74) is 3.33. The van der Waals surface area contributed by atoms with Gasteiger partial charge in [-0.25, -0.2) is 0 Å². The van der Waals surface area contributed by atoms with Crippen LogP contribution in [0.1, 0.15) is 38.2 Å². The lowest BCUT2D eigenvalue weighted by Gasteiger charge is -2.06. The number of hydrogen-bond donors (Lipinski definition) is 1. The van der Waals surface area contributed by atoms with Gasteiger partial charge in [0.05, 0.1) is 11.9 Å². The number of hydrogen-bond acceptors (Lipinski definition) is 3. The molecule has 2 rings (SSSR count). The number of pyridine rings is 1. The minimum absolute atomic E-state index is 0.199. The van der Waals surface area contributed by atoms with E-state index in [9.17, 15) is 5.11 Å². The van der Waals surface area contributed by atoms with Gasteiger partial charge in [-0.1, -0.05) is 31.5 Å². The molecule has 0 bridgehead atoms. The number of unbranched alkanes of at least 4 members (excludes halogenated alkanes) is 2. The van der Waals surface area contributed by atoms with E-state index in [1.807, 2.05) is 6.07 Å². The van der Waals surface area contributed by atoms with Crippen LogP contribution in [0.4, 0.5) is 0 Å². The molecule has 0 amide bonds. The molecule has 3 heteroatoms. The van der Waals surface area contributed by atoms with E-state index in [-0.39, 0.29) is 5.75 Å². The Bertz CT molecular complexity index is 552. The van der Waals surface area contributed by atoms with Crippen LogP contribution in [0.2, 0.25) is 0 Å². The third kappa shape index (κ3) is 5.49. The second-order valence-corrected chi connectivity index (χ2v) is 5.53. The Balaban J connectivity index is 1.80. The van der Waals surface area contributed by atoms with Gasteiger partial charge in [-0.3, -0.25) is 4.98 Å². The maximum Gasteiger partial charge on any atom is 0.133 e. The van der Waals surface area contributed by atoms with E-state index in [4.69, 9.17) is 4.74 Å². The van der Waals surface area contributed by atoms with Crippen molar-refractivity contribution in [2.75, 3.05) is 13.2 Å². The number of nitrogens with zero attached hydrogens (tertiary/aromatic N) is 1. The fourth-order valence-corrected chi connectivity index (χ4v) is 2.40. The largest absolute Gasteiger partial charge is 0.506 e. The van der Waals surface area contributed by atoms with Crippen LogP contribution in [0.15, 0.2) is 42.6 Å². The summed E-state index contributed by atoms with van der Waals surface area (Å²) in [6, 6.07) is 12.0. The molecule has 0 atom stereocenters. The molecule has 118 valence electrons. The number of aromatic nitrogens is 1. The lowest BCUT2D eigenvalue weighted by atomic mass is 10.0. The smallest absolute Gasteiger partial charge is 0.133 e. The molecule has 0 saturated heterocycles. The van der Waals surface area contributed by atoms with E-state index in [1.165, 1.54) is 24.6 Å². The zero-order chi connectivity index (χ0) is 15.6. The zero-order valence-corrected chi connectivity index (χ0v) is 13.3. The molecule has 0 unspecified atom stereocenters. The Morgan fingerprint density at radius 1 is 1.05 bits per heavy atom. The Morgan fingerprint density at radius 3 is 2.73 bits per heavy atom. The van der Waals surface area contributed by atoms with Crippen LogP contribution in [0.3, 0.4) is 0 Å². The van der Waals surface area contributed by atoms with Gasteiger partial charge in [0.1, 0.15) is 5.75 Å². The van der Waals surface area contributed by atoms with Crippen LogP contribution in [0, 0.1) is 0 Å². The van der Waals surface area contributed by atoms with Crippen molar-refractivity contribution in [2.45, 2.75) is 39.0 Å². The van der Waals surface area contributed by atoms with E-state index in [1.54, 1.807) is 6.07 Å². The Kier molecular flexibility index (Phi) is 6.91. The number of ether oxygens (including phenoxy) is 1. The highest BCUT2D eigenvalue weighted by molar-refractivity contribution is 5.60. The van der Waals surface area contributed by atoms with Crippen LogP contribution in [-0.4, -0.2) is 23.3 Å². The van der Waals surface area contributed by atoms with Crippen LogP contribution < -0.4 is 0 Å². The quantitative estimate of drug-likeness (QED) is 0.688. The molecular weight excluding hydrogens is 274 g/mol. The molecule has 0 spiro atoms. The summed E-state index contributed by atoms with van der Waals surface area (Å²) >= 11 is 0. The zero-order valence-electron chi connectivity index (χ0n) is 13.3. The van der Waals surface area contributed by atoms with Crippen LogP contribution in [0.25, 0.3) is 11.3 Å². The van der Waals surface area contributed by atoms with Crippen molar-refractivity contribution in [1.82, 2.24) is 4.98 Å². The van der Waals surface area contributed by atoms with Gasteiger partial charge in [0.25, 0.3) is 0 Å². The first-order valence-electron chi connectivity index (χ1n) is 8.11. The Labute approximate surface area is 133 Å². The first-order valence-corrected chi connectivity index (χ1v) is 8.11. The normalized spacial score (nSPS) is 10.8. The standard InChI is InChI=1S/C19H25NO2/c1-2-12-22-13-5-3-4-7-16-8-6-9-17(14-16)19-11-10-18(21)15-20-19/h6,8-11,14-15,21H,2-5,7,12-13H2,1H3. The lowest BCUT2D eigenvalue weighted by Crippen LogP contribution is -1.96. The lowest BCUT2D eigenvalue weighted by molar-refractivity contribution is 0.130. The number of aryl methyl sites for hydroxylation is 1. The third-order valence-corrected chi connectivity index (χ3v) is 3.57. The van der Waals surface area contributed by atoms with Crippen molar-refractivity contribution in [1.29, 1.82) is 0 Å². The summed E-state index contributed by atoms with van der Waals surface area (Å²) in [5.74, 6) is 0.199. The molecule has 1 N–H and O–H groups in total. The van der Waals surface area contributed by atoms with Gasteiger partial charge in [-0.15, -0.1) is 0 Å². The second-order valence-electron chi connectivity index (χ2n) is 5.53. The minimum atomic E-state index is 0.199. The molecule has 1 heterocycles. The average molecular weight is 299 g/mol. The first kappa shape index (κ1) is 16.5. The fraction of sp³-hybridized carbons (Fsp3) is 0.421. The van der Waals surface area contributed by atoms with Crippen LogP contribution >= 0.6 is 0 Å². The van der Waals surface area contributed by atoms with Gasteiger partial charge in [-0.2, -0.15) is 0 Å². The Morgan fingerprint density at radius 2 is 1.95 bits per heavy atom.